The molecule has 1 saturated heterocycles. The minimum absolute atomic E-state index is 0.232. The number of nitro groups is 1. The molecule has 6 nitrogen and oxygen atoms in total. The summed E-state index contributed by atoms with van der Waals surface area (Å²) < 4.78 is 11.6. The Morgan fingerprint density at radius 3 is 2.24 bits per heavy atom. The van der Waals surface area contributed by atoms with Crippen molar-refractivity contribution in [2.24, 2.45) is 5.92 Å². The maximum Gasteiger partial charge on any atom is 0.257 e. The smallest absolute Gasteiger partial charge is 0.257 e. The molecule has 0 N–H and O–H groups in total. The number of methoxy groups -OCH3 is 1. The van der Waals surface area contributed by atoms with Crippen LogP contribution in [-0.4, -0.2) is 35.7 Å². The first-order valence-corrected chi connectivity index (χ1v) is 9.36. The molecule has 2 aromatic carbocycles. The lowest BCUT2D eigenvalue weighted by Crippen LogP contribution is -2.60. The van der Waals surface area contributed by atoms with Crippen LogP contribution in [0.15, 0.2) is 60.7 Å². The van der Waals surface area contributed by atoms with Crippen LogP contribution in [0.2, 0.25) is 0 Å². The van der Waals surface area contributed by atoms with Gasteiger partial charge in [-0.25, -0.2) is 0 Å². The van der Waals surface area contributed by atoms with Gasteiger partial charge < -0.3 is 9.47 Å². The molecular weight excluding hydrogens is 370 g/mol. The molecule has 150 valence electrons. The third kappa shape index (κ3) is 4.21. The molecule has 0 aliphatic carbocycles. The van der Waals surface area contributed by atoms with Gasteiger partial charge >= 0.3 is 0 Å². The average molecular weight is 393 g/mol. The van der Waals surface area contributed by atoms with Gasteiger partial charge in [0.05, 0.1) is 11.8 Å². The van der Waals surface area contributed by atoms with Crippen LogP contribution < -0.4 is 0 Å². The number of carbonyl (C=O) groups is 1. The van der Waals surface area contributed by atoms with Gasteiger partial charge in [0.15, 0.2) is 11.9 Å². The van der Waals surface area contributed by atoms with E-state index < -0.39 is 34.7 Å². The molecule has 0 spiro atoms. The third-order valence-corrected chi connectivity index (χ3v) is 5.37. The summed E-state index contributed by atoms with van der Waals surface area (Å²) >= 11 is 0. The molecule has 0 aromatic heterocycles. The van der Waals surface area contributed by atoms with E-state index in [1.807, 2.05) is 36.4 Å². The van der Waals surface area contributed by atoms with Gasteiger partial charge in [-0.05, 0) is 31.5 Å². The fourth-order valence-corrected chi connectivity index (χ4v) is 4.00. The van der Waals surface area contributed by atoms with Gasteiger partial charge in [0, 0.05) is 17.6 Å². The molecule has 1 aliphatic heterocycles. The fourth-order valence-electron chi connectivity index (χ4n) is 4.00. The predicted molar refractivity (Wildman–Crippen MR) is 108 cm³/mol. The molecule has 3 rings (SSSR count). The Morgan fingerprint density at radius 1 is 1.14 bits per heavy atom. The first kappa shape index (κ1) is 20.7. The zero-order valence-electron chi connectivity index (χ0n) is 16.6. The predicted octanol–water partition coefficient (Wildman–Crippen LogP) is 3.43. The number of carbonyl (C=O) groups excluding carboxylic acids is 1. The molecule has 0 radical (unpaired) electrons. The Morgan fingerprint density at radius 2 is 1.72 bits per heavy atom. The Bertz CT molecular complexity index is 934. The molecule has 0 unspecified atom stereocenters. The molecule has 1 fully saturated rings. The number of nitrogens with zero attached hydrogens (tertiary/aromatic N) is 1. The molecule has 1 heterocycles. The second-order valence-electron chi connectivity index (χ2n) is 7.19. The molecule has 5 atom stereocenters. The average Bonchev–Trinajstić information content (AvgIpc) is 2.72. The van der Waals surface area contributed by atoms with E-state index in [4.69, 9.17) is 9.47 Å². The number of rotatable bonds is 4. The SMILES string of the molecule is CO[C@@]1(C)O[C@H](C#Cc2ccccc2)[C@H]([N+](=O)[O-])[C@H](c2ccccc2)[C@H]1C(C)=O. The van der Waals surface area contributed by atoms with Gasteiger partial charge in [0.25, 0.3) is 6.04 Å². The molecule has 0 saturated carbocycles. The van der Waals surface area contributed by atoms with E-state index in [1.165, 1.54) is 14.0 Å². The summed E-state index contributed by atoms with van der Waals surface area (Å²) in [5, 5.41) is 12.1. The van der Waals surface area contributed by atoms with Gasteiger partial charge in [0.2, 0.25) is 0 Å². The van der Waals surface area contributed by atoms with E-state index in [1.54, 1.807) is 31.2 Å². The van der Waals surface area contributed by atoms with Crippen LogP contribution in [-0.2, 0) is 14.3 Å². The number of hydrogen-bond donors (Lipinski definition) is 0. The highest BCUT2D eigenvalue weighted by molar-refractivity contribution is 5.81. The first-order chi connectivity index (χ1) is 13.9. The lowest BCUT2D eigenvalue weighted by molar-refractivity contribution is -0.552. The minimum atomic E-state index is -1.34. The number of Topliss-reactive ketones (excluding diaryl/α,β-unsaturated/α-hetero) is 1. The molecule has 0 amide bonds. The zero-order chi connectivity index (χ0) is 21.0. The second-order valence-corrected chi connectivity index (χ2v) is 7.19. The van der Waals surface area contributed by atoms with Gasteiger partial charge in [-0.3, -0.25) is 14.9 Å². The number of benzene rings is 2. The van der Waals surface area contributed by atoms with Crippen LogP contribution in [0.25, 0.3) is 0 Å². The molecule has 29 heavy (non-hydrogen) atoms. The molecule has 1 aliphatic rings. The van der Waals surface area contributed by atoms with Crippen LogP contribution in [0.1, 0.15) is 30.9 Å². The summed E-state index contributed by atoms with van der Waals surface area (Å²) in [4.78, 5) is 24.3. The van der Waals surface area contributed by atoms with E-state index in [0.717, 1.165) is 5.56 Å². The van der Waals surface area contributed by atoms with E-state index >= 15 is 0 Å². The Balaban J connectivity index is 2.14. The maximum absolute atomic E-state index is 12.6. The van der Waals surface area contributed by atoms with Crippen molar-refractivity contribution in [3.8, 4) is 11.8 Å². The van der Waals surface area contributed by atoms with Crippen molar-refractivity contribution in [2.45, 2.75) is 37.7 Å². The topological polar surface area (TPSA) is 78.7 Å². The highest BCUT2D eigenvalue weighted by Crippen LogP contribution is 2.45. The summed E-state index contributed by atoms with van der Waals surface area (Å²) in [6.45, 7) is 3.05. The molecule has 6 heteroatoms. The van der Waals surface area contributed by atoms with Crippen LogP contribution >= 0.6 is 0 Å². The Kier molecular flexibility index (Phi) is 6.12. The van der Waals surface area contributed by atoms with Crippen LogP contribution in [0, 0.1) is 27.9 Å². The summed E-state index contributed by atoms with van der Waals surface area (Å²) in [5.74, 6) is 2.71. The van der Waals surface area contributed by atoms with Gasteiger partial charge in [-0.2, -0.15) is 0 Å². The summed E-state index contributed by atoms with van der Waals surface area (Å²) in [7, 11) is 1.44. The van der Waals surface area contributed by atoms with Crippen molar-refractivity contribution >= 4 is 5.78 Å². The van der Waals surface area contributed by atoms with Gasteiger partial charge in [-0.1, -0.05) is 60.4 Å². The van der Waals surface area contributed by atoms with Crippen molar-refractivity contribution in [3.05, 3.63) is 81.9 Å². The molecular formula is C23H23NO5. The fraction of sp³-hybridized carbons (Fsp3) is 0.348. The molecule has 0 bridgehead atoms. The molecule has 2 aromatic rings. The van der Waals surface area contributed by atoms with Crippen molar-refractivity contribution in [2.75, 3.05) is 7.11 Å². The number of ether oxygens (including phenoxy) is 2. The van der Waals surface area contributed by atoms with E-state index in [2.05, 4.69) is 11.8 Å². The standard InChI is InChI=1S/C23H23NO5/c1-16(25)21-20(18-12-8-5-9-13-18)22(24(26)27)19(29-23(21,2)28-3)15-14-17-10-6-4-7-11-17/h4-13,19-22H,1-3H3/t19-,20-,21-,22+,23+/m1/s1. The third-order valence-electron chi connectivity index (χ3n) is 5.37. The Labute approximate surface area is 170 Å². The zero-order valence-corrected chi connectivity index (χ0v) is 16.6. The Hall–Kier alpha value is -3.01. The normalized spacial score (nSPS) is 28.8. The van der Waals surface area contributed by atoms with Crippen molar-refractivity contribution in [1.82, 2.24) is 0 Å². The van der Waals surface area contributed by atoms with E-state index in [0.29, 0.717) is 5.56 Å². The van der Waals surface area contributed by atoms with Crippen LogP contribution in [0.5, 0.6) is 0 Å². The highest BCUT2D eigenvalue weighted by Gasteiger charge is 2.59. The van der Waals surface area contributed by atoms with Crippen molar-refractivity contribution in [3.63, 3.8) is 0 Å². The first-order valence-electron chi connectivity index (χ1n) is 9.36. The monoisotopic (exact) mass is 393 g/mol. The van der Waals surface area contributed by atoms with Crippen LogP contribution in [0.3, 0.4) is 0 Å². The quantitative estimate of drug-likeness (QED) is 0.452. The van der Waals surface area contributed by atoms with Gasteiger partial charge in [-0.15, -0.1) is 0 Å². The maximum atomic E-state index is 12.6. The lowest BCUT2D eigenvalue weighted by atomic mass is 9.71. The number of ketones is 1. The highest BCUT2D eigenvalue weighted by atomic mass is 16.7. The summed E-state index contributed by atoms with van der Waals surface area (Å²) in [6, 6.07) is 17.0. The van der Waals surface area contributed by atoms with Crippen molar-refractivity contribution in [1.29, 1.82) is 0 Å². The minimum Gasteiger partial charge on any atom is -0.353 e. The van der Waals surface area contributed by atoms with Crippen LogP contribution in [0.4, 0.5) is 0 Å². The lowest BCUT2D eigenvalue weighted by Gasteiger charge is -2.46. The van der Waals surface area contributed by atoms with Gasteiger partial charge in [0.1, 0.15) is 5.78 Å². The largest absolute Gasteiger partial charge is 0.353 e. The van der Waals surface area contributed by atoms with E-state index in [9.17, 15) is 14.9 Å². The summed E-state index contributed by atoms with van der Waals surface area (Å²) in [6.07, 6.45) is -1.05. The second kappa shape index (κ2) is 8.56. The summed E-state index contributed by atoms with van der Waals surface area (Å²) in [5.41, 5.74) is 1.41. The van der Waals surface area contributed by atoms with E-state index in [-0.39, 0.29) is 5.78 Å². The number of hydrogen-bond acceptors (Lipinski definition) is 5. The van der Waals surface area contributed by atoms with Crippen molar-refractivity contribution < 1.29 is 19.2 Å².